The van der Waals surface area contributed by atoms with E-state index in [1.807, 2.05) is 18.7 Å². The number of sulfonamides is 1. The first kappa shape index (κ1) is 18.4. The predicted octanol–water partition coefficient (Wildman–Crippen LogP) is 1.68. The van der Waals surface area contributed by atoms with Gasteiger partial charge in [0.2, 0.25) is 10.0 Å². The molecule has 1 aromatic rings. The Labute approximate surface area is 150 Å². The number of hydrogen-bond acceptors (Lipinski definition) is 4. The summed E-state index contributed by atoms with van der Waals surface area (Å²) in [5.41, 5.74) is 0.541. The van der Waals surface area contributed by atoms with E-state index < -0.39 is 10.0 Å². The molecule has 0 bridgehead atoms. The Bertz CT molecular complexity index is 718. The van der Waals surface area contributed by atoms with Gasteiger partial charge in [-0.2, -0.15) is 4.31 Å². The topological polar surface area (TPSA) is 69.7 Å². The molecular formula is C18H27N3O3S. The first-order chi connectivity index (χ1) is 11.9. The Balaban J connectivity index is 1.78. The van der Waals surface area contributed by atoms with Crippen molar-refractivity contribution < 1.29 is 13.2 Å². The molecule has 2 heterocycles. The lowest BCUT2D eigenvalue weighted by Crippen LogP contribution is -2.52. The van der Waals surface area contributed by atoms with Gasteiger partial charge in [-0.25, -0.2) is 8.42 Å². The van der Waals surface area contributed by atoms with Crippen molar-refractivity contribution in [1.82, 2.24) is 14.5 Å². The molecule has 3 rings (SSSR count). The molecule has 7 heteroatoms. The molecule has 1 aromatic carbocycles. The lowest BCUT2D eigenvalue weighted by Gasteiger charge is -2.34. The van der Waals surface area contributed by atoms with E-state index in [-0.39, 0.29) is 22.9 Å². The fourth-order valence-electron chi connectivity index (χ4n) is 3.64. The zero-order chi connectivity index (χ0) is 18.0. The molecule has 1 amide bonds. The van der Waals surface area contributed by atoms with Crippen LogP contribution in [-0.2, 0) is 10.0 Å². The average molecular weight is 365 g/mol. The molecule has 138 valence electrons. The van der Waals surface area contributed by atoms with Gasteiger partial charge in [0.15, 0.2) is 0 Å². The van der Waals surface area contributed by atoms with Crippen LogP contribution in [0.3, 0.4) is 0 Å². The summed E-state index contributed by atoms with van der Waals surface area (Å²) in [5, 5.41) is 3.26. The quantitative estimate of drug-likeness (QED) is 0.885. The minimum Gasteiger partial charge on any atom is -0.333 e. The van der Waals surface area contributed by atoms with Gasteiger partial charge in [0.25, 0.3) is 5.91 Å². The summed E-state index contributed by atoms with van der Waals surface area (Å²) >= 11 is 0. The molecule has 2 fully saturated rings. The summed E-state index contributed by atoms with van der Waals surface area (Å²) in [6.07, 6.45) is 2.88. The van der Waals surface area contributed by atoms with Gasteiger partial charge >= 0.3 is 0 Å². The van der Waals surface area contributed by atoms with E-state index >= 15 is 0 Å². The summed E-state index contributed by atoms with van der Waals surface area (Å²) < 4.78 is 27.3. The SMILES string of the molecule is CC1CCCCN1S(=O)(=O)c1ccc(C(=O)N2CCNC[C@@H]2C)cc1. The maximum Gasteiger partial charge on any atom is 0.254 e. The number of nitrogens with one attached hydrogen (secondary N) is 1. The molecule has 0 saturated carbocycles. The van der Waals surface area contributed by atoms with Crippen LogP contribution >= 0.6 is 0 Å². The standard InChI is InChI=1S/C18H27N3O3S/c1-14-5-3-4-11-21(14)25(23,24)17-8-6-16(7-9-17)18(22)20-12-10-19-13-15(20)2/h6-9,14-15,19H,3-5,10-13H2,1-2H3/t14?,15-/m0/s1. The van der Waals surface area contributed by atoms with Crippen molar-refractivity contribution >= 4 is 15.9 Å². The minimum absolute atomic E-state index is 0.0294. The number of hydrogen-bond donors (Lipinski definition) is 1. The van der Waals surface area contributed by atoms with Crippen molar-refractivity contribution in [3.8, 4) is 0 Å². The lowest BCUT2D eigenvalue weighted by molar-refractivity contribution is 0.0655. The Hall–Kier alpha value is -1.44. The van der Waals surface area contributed by atoms with Gasteiger partial charge in [0, 0.05) is 43.8 Å². The maximum atomic E-state index is 12.9. The van der Waals surface area contributed by atoms with Gasteiger partial charge in [-0.3, -0.25) is 4.79 Å². The summed E-state index contributed by atoms with van der Waals surface area (Å²) in [6.45, 7) is 6.79. The molecule has 0 spiro atoms. The molecule has 2 aliphatic heterocycles. The number of benzene rings is 1. The molecule has 2 atom stereocenters. The van der Waals surface area contributed by atoms with E-state index in [9.17, 15) is 13.2 Å². The van der Waals surface area contributed by atoms with Crippen molar-refractivity contribution in [2.45, 2.75) is 50.1 Å². The van der Waals surface area contributed by atoms with Crippen LogP contribution in [-0.4, -0.2) is 61.8 Å². The van der Waals surface area contributed by atoms with Crippen LogP contribution in [0.1, 0.15) is 43.5 Å². The fraction of sp³-hybridized carbons (Fsp3) is 0.611. The van der Waals surface area contributed by atoms with Crippen molar-refractivity contribution in [1.29, 1.82) is 0 Å². The molecule has 0 radical (unpaired) electrons. The third-order valence-corrected chi connectivity index (χ3v) is 7.24. The van der Waals surface area contributed by atoms with E-state index in [0.717, 1.165) is 32.4 Å². The van der Waals surface area contributed by atoms with Crippen LogP contribution in [0.4, 0.5) is 0 Å². The van der Waals surface area contributed by atoms with Crippen molar-refractivity contribution in [2.75, 3.05) is 26.2 Å². The highest BCUT2D eigenvalue weighted by Gasteiger charge is 2.31. The van der Waals surface area contributed by atoms with E-state index in [4.69, 9.17) is 0 Å². The first-order valence-corrected chi connectivity index (χ1v) is 10.5. The Kier molecular flexibility index (Phi) is 5.46. The summed E-state index contributed by atoms with van der Waals surface area (Å²) in [5.74, 6) is -0.0377. The zero-order valence-corrected chi connectivity index (χ0v) is 15.8. The van der Waals surface area contributed by atoms with Gasteiger partial charge in [-0.05, 0) is 51.0 Å². The summed E-state index contributed by atoms with van der Waals surface area (Å²) in [6, 6.07) is 6.57. The molecule has 2 saturated heterocycles. The largest absolute Gasteiger partial charge is 0.333 e. The van der Waals surface area contributed by atoms with Crippen molar-refractivity contribution in [2.24, 2.45) is 0 Å². The van der Waals surface area contributed by atoms with Gasteiger partial charge < -0.3 is 10.2 Å². The number of rotatable bonds is 3. The number of piperazine rings is 1. The van der Waals surface area contributed by atoms with Crippen LogP contribution < -0.4 is 5.32 Å². The highest BCUT2D eigenvalue weighted by atomic mass is 32.2. The van der Waals surface area contributed by atoms with E-state index in [1.165, 1.54) is 0 Å². The maximum absolute atomic E-state index is 12.9. The number of amides is 1. The van der Waals surface area contributed by atoms with E-state index in [2.05, 4.69) is 5.32 Å². The van der Waals surface area contributed by atoms with Crippen LogP contribution in [0.15, 0.2) is 29.2 Å². The molecular weight excluding hydrogens is 338 g/mol. The molecule has 6 nitrogen and oxygen atoms in total. The molecule has 0 aromatic heterocycles. The molecule has 2 aliphatic rings. The number of nitrogens with zero attached hydrogens (tertiary/aromatic N) is 2. The second-order valence-corrected chi connectivity index (χ2v) is 8.93. The third kappa shape index (κ3) is 3.73. The Morgan fingerprint density at radius 1 is 1.08 bits per heavy atom. The average Bonchev–Trinajstić information content (AvgIpc) is 2.62. The van der Waals surface area contributed by atoms with Crippen LogP contribution in [0.5, 0.6) is 0 Å². The zero-order valence-electron chi connectivity index (χ0n) is 14.9. The van der Waals surface area contributed by atoms with E-state index in [0.29, 0.717) is 18.7 Å². The highest BCUT2D eigenvalue weighted by Crippen LogP contribution is 2.25. The minimum atomic E-state index is -3.49. The van der Waals surface area contributed by atoms with Crippen molar-refractivity contribution in [3.63, 3.8) is 0 Å². The predicted molar refractivity (Wildman–Crippen MR) is 97.0 cm³/mol. The number of carbonyl (C=O) groups excluding carboxylic acids is 1. The summed E-state index contributed by atoms with van der Waals surface area (Å²) in [7, 11) is -3.49. The molecule has 1 unspecified atom stereocenters. The van der Waals surface area contributed by atoms with Crippen LogP contribution in [0.2, 0.25) is 0 Å². The molecule has 0 aliphatic carbocycles. The molecule has 25 heavy (non-hydrogen) atoms. The van der Waals surface area contributed by atoms with Gasteiger partial charge in [0.05, 0.1) is 4.90 Å². The monoisotopic (exact) mass is 365 g/mol. The lowest BCUT2D eigenvalue weighted by atomic mass is 10.1. The first-order valence-electron chi connectivity index (χ1n) is 9.05. The van der Waals surface area contributed by atoms with Gasteiger partial charge in [-0.15, -0.1) is 0 Å². The number of carbonyl (C=O) groups is 1. The number of piperidine rings is 1. The van der Waals surface area contributed by atoms with Crippen molar-refractivity contribution in [3.05, 3.63) is 29.8 Å². The Morgan fingerprint density at radius 2 is 1.80 bits per heavy atom. The normalized spacial score (nSPS) is 25.8. The Morgan fingerprint density at radius 3 is 2.44 bits per heavy atom. The molecule has 1 N–H and O–H groups in total. The van der Waals surface area contributed by atoms with Gasteiger partial charge in [-0.1, -0.05) is 6.42 Å². The van der Waals surface area contributed by atoms with Crippen LogP contribution in [0, 0.1) is 0 Å². The van der Waals surface area contributed by atoms with Crippen LogP contribution in [0.25, 0.3) is 0 Å². The van der Waals surface area contributed by atoms with E-state index in [1.54, 1.807) is 28.6 Å². The van der Waals surface area contributed by atoms with Gasteiger partial charge in [0.1, 0.15) is 0 Å². The summed E-state index contributed by atoms with van der Waals surface area (Å²) in [4.78, 5) is 14.8. The fourth-order valence-corrected chi connectivity index (χ4v) is 5.34. The smallest absolute Gasteiger partial charge is 0.254 e. The highest BCUT2D eigenvalue weighted by molar-refractivity contribution is 7.89. The third-order valence-electron chi connectivity index (χ3n) is 5.21. The second-order valence-electron chi connectivity index (χ2n) is 7.04. The second kappa shape index (κ2) is 7.43.